The highest BCUT2D eigenvalue weighted by Crippen LogP contribution is 2.24. The maximum Gasteiger partial charge on any atom is 0.339 e. The van der Waals surface area contributed by atoms with Crippen LogP contribution in [0.25, 0.3) is 0 Å². The van der Waals surface area contributed by atoms with Gasteiger partial charge in [0.25, 0.3) is 0 Å². The van der Waals surface area contributed by atoms with Crippen LogP contribution in [0.2, 0.25) is 0 Å². The summed E-state index contributed by atoms with van der Waals surface area (Å²) < 4.78 is 5.30. The molecule has 0 radical (unpaired) electrons. The van der Waals surface area contributed by atoms with Crippen molar-refractivity contribution < 1.29 is 14.3 Å². The van der Waals surface area contributed by atoms with Crippen molar-refractivity contribution in [2.24, 2.45) is 5.73 Å². The average Bonchev–Trinajstić information content (AvgIpc) is 2.21. The number of amides is 1. The highest BCUT2D eigenvalue weighted by molar-refractivity contribution is 9.10. The van der Waals surface area contributed by atoms with Gasteiger partial charge in [0.2, 0.25) is 5.91 Å². The van der Waals surface area contributed by atoms with E-state index in [1.165, 1.54) is 12.1 Å². The number of ether oxygens (including phenoxy) is 1. The largest absolute Gasteiger partial charge is 0.462 e. The molecule has 1 rings (SSSR count). The number of nitrogen functional groups attached to an aromatic ring is 1. The summed E-state index contributed by atoms with van der Waals surface area (Å²) in [6.07, 6.45) is 0. The number of carbonyl (C=O) groups is 2. The van der Waals surface area contributed by atoms with E-state index in [0.29, 0.717) is 10.2 Å². The molecule has 0 atom stereocenters. The number of halogens is 1. The van der Waals surface area contributed by atoms with Crippen molar-refractivity contribution in [3.05, 3.63) is 27.7 Å². The van der Waals surface area contributed by atoms with Crippen LogP contribution in [-0.2, 0) is 4.74 Å². The summed E-state index contributed by atoms with van der Waals surface area (Å²) in [5.74, 6) is -1.32. The second-order valence-corrected chi connectivity index (χ2v) is 3.86. The van der Waals surface area contributed by atoms with Crippen LogP contribution in [0, 0.1) is 0 Å². The Morgan fingerprint density at radius 2 is 2.00 bits per heavy atom. The van der Waals surface area contributed by atoms with Crippen LogP contribution in [0.15, 0.2) is 16.6 Å². The Morgan fingerprint density at radius 3 is 2.50 bits per heavy atom. The minimum atomic E-state index is -0.705. The predicted octanol–water partition coefficient (Wildman–Crippen LogP) is 1.31. The van der Waals surface area contributed by atoms with Crippen molar-refractivity contribution in [2.75, 3.05) is 12.3 Å². The van der Waals surface area contributed by atoms with Crippen LogP contribution in [0.3, 0.4) is 0 Å². The van der Waals surface area contributed by atoms with E-state index >= 15 is 0 Å². The zero-order valence-corrected chi connectivity index (χ0v) is 10.2. The zero-order chi connectivity index (χ0) is 12.3. The maximum atomic E-state index is 11.5. The van der Waals surface area contributed by atoms with E-state index in [1.54, 1.807) is 6.92 Å². The number of nitrogens with two attached hydrogens (primary N) is 2. The van der Waals surface area contributed by atoms with Gasteiger partial charge in [-0.05, 0) is 35.0 Å². The van der Waals surface area contributed by atoms with Crippen molar-refractivity contribution >= 4 is 33.5 Å². The Bertz CT molecular complexity index is 446. The number of benzene rings is 1. The molecule has 86 valence electrons. The van der Waals surface area contributed by atoms with Gasteiger partial charge in [0.05, 0.1) is 17.7 Å². The summed E-state index contributed by atoms with van der Waals surface area (Å²) in [5.41, 5.74) is 11.3. The quantitative estimate of drug-likeness (QED) is 0.647. The van der Waals surface area contributed by atoms with E-state index in [2.05, 4.69) is 15.9 Å². The molecule has 0 aliphatic carbocycles. The summed E-state index contributed by atoms with van der Waals surface area (Å²) in [7, 11) is 0. The lowest BCUT2D eigenvalue weighted by atomic mass is 10.1. The van der Waals surface area contributed by atoms with Gasteiger partial charge in [0, 0.05) is 10.2 Å². The van der Waals surface area contributed by atoms with E-state index in [1.807, 2.05) is 0 Å². The standard InChI is InChI=1S/C10H11BrN2O3/c1-2-16-10(15)6-4-8(12)7(11)3-5(6)9(13)14/h3-4H,2,12H2,1H3,(H2,13,14). The Labute approximate surface area is 101 Å². The maximum absolute atomic E-state index is 11.5. The van der Waals surface area contributed by atoms with E-state index in [-0.39, 0.29) is 17.7 Å². The molecule has 1 aromatic carbocycles. The Kier molecular flexibility index (Phi) is 3.89. The van der Waals surface area contributed by atoms with Crippen molar-refractivity contribution in [3.63, 3.8) is 0 Å². The minimum absolute atomic E-state index is 0.0788. The number of hydrogen-bond acceptors (Lipinski definition) is 4. The Hall–Kier alpha value is -1.56. The third-order valence-electron chi connectivity index (χ3n) is 1.90. The molecule has 0 fully saturated rings. The second kappa shape index (κ2) is 4.98. The van der Waals surface area contributed by atoms with E-state index in [9.17, 15) is 9.59 Å². The number of primary amides is 1. The molecule has 0 bridgehead atoms. The van der Waals surface area contributed by atoms with Crippen molar-refractivity contribution in [1.82, 2.24) is 0 Å². The van der Waals surface area contributed by atoms with Crippen molar-refractivity contribution in [1.29, 1.82) is 0 Å². The molecule has 5 nitrogen and oxygen atoms in total. The summed E-state index contributed by atoms with van der Waals surface area (Å²) >= 11 is 3.15. The fourth-order valence-corrected chi connectivity index (χ4v) is 1.51. The first-order valence-electron chi connectivity index (χ1n) is 4.53. The smallest absolute Gasteiger partial charge is 0.339 e. The van der Waals surface area contributed by atoms with Crippen molar-refractivity contribution in [2.45, 2.75) is 6.92 Å². The van der Waals surface area contributed by atoms with Crippen LogP contribution < -0.4 is 11.5 Å². The molecule has 0 heterocycles. The fraction of sp³-hybridized carbons (Fsp3) is 0.200. The summed E-state index contributed by atoms with van der Waals surface area (Å²) in [4.78, 5) is 22.7. The molecule has 0 aromatic heterocycles. The fourth-order valence-electron chi connectivity index (χ4n) is 1.17. The molecule has 16 heavy (non-hydrogen) atoms. The lowest BCUT2D eigenvalue weighted by Crippen LogP contribution is -2.18. The average molecular weight is 287 g/mol. The Balaban J connectivity index is 3.30. The normalized spacial score (nSPS) is 9.88. The SMILES string of the molecule is CCOC(=O)c1cc(N)c(Br)cc1C(N)=O. The Morgan fingerprint density at radius 1 is 1.38 bits per heavy atom. The first-order chi connectivity index (χ1) is 7.47. The molecule has 1 aromatic rings. The van der Waals surface area contributed by atoms with Crippen LogP contribution >= 0.6 is 15.9 Å². The van der Waals surface area contributed by atoms with E-state index in [0.717, 1.165) is 0 Å². The molecular weight excluding hydrogens is 276 g/mol. The molecule has 0 unspecified atom stereocenters. The van der Waals surface area contributed by atoms with Gasteiger partial charge in [0.15, 0.2) is 0 Å². The van der Waals surface area contributed by atoms with Gasteiger partial charge in [-0.25, -0.2) is 4.79 Å². The number of esters is 1. The molecular formula is C10H11BrN2O3. The van der Waals surface area contributed by atoms with Crippen molar-refractivity contribution in [3.8, 4) is 0 Å². The lowest BCUT2D eigenvalue weighted by Gasteiger charge is -2.08. The van der Waals surface area contributed by atoms with Crippen LogP contribution in [0.4, 0.5) is 5.69 Å². The number of anilines is 1. The first kappa shape index (κ1) is 12.5. The van der Waals surface area contributed by atoms with Gasteiger partial charge >= 0.3 is 5.97 Å². The molecule has 6 heteroatoms. The minimum Gasteiger partial charge on any atom is -0.462 e. The molecule has 0 saturated carbocycles. The lowest BCUT2D eigenvalue weighted by molar-refractivity contribution is 0.0523. The number of hydrogen-bond donors (Lipinski definition) is 2. The van der Waals surface area contributed by atoms with Crippen LogP contribution in [0.5, 0.6) is 0 Å². The molecule has 4 N–H and O–H groups in total. The molecule has 0 saturated heterocycles. The third-order valence-corrected chi connectivity index (χ3v) is 2.58. The third kappa shape index (κ3) is 2.52. The summed E-state index contributed by atoms with van der Waals surface area (Å²) in [5, 5.41) is 0. The first-order valence-corrected chi connectivity index (χ1v) is 5.32. The predicted molar refractivity (Wildman–Crippen MR) is 63.0 cm³/mol. The monoisotopic (exact) mass is 286 g/mol. The van der Waals surface area contributed by atoms with E-state index < -0.39 is 11.9 Å². The molecule has 0 aliphatic heterocycles. The zero-order valence-electron chi connectivity index (χ0n) is 8.62. The highest BCUT2D eigenvalue weighted by Gasteiger charge is 2.18. The van der Waals surface area contributed by atoms with Gasteiger partial charge in [0.1, 0.15) is 0 Å². The van der Waals surface area contributed by atoms with E-state index in [4.69, 9.17) is 16.2 Å². The summed E-state index contributed by atoms with van der Waals surface area (Å²) in [6, 6.07) is 2.77. The molecule has 0 spiro atoms. The van der Waals surface area contributed by atoms with Gasteiger partial charge in [-0.2, -0.15) is 0 Å². The van der Waals surface area contributed by atoms with Gasteiger partial charge in [-0.15, -0.1) is 0 Å². The highest BCUT2D eigenvalue weighted by atomic mass is 79.9. The van der Waals surface area contributed by atoms with Gasteiger partial charge in [-0.1, -0.05) is 0 Å². The molecule has 1 amide bonds. The van der Waals surface area contributed by atoms with Gasteiger partial charge < -0.3 is 16.2 Å². The number of carbonyl (C=O) groups excluding carboxylic acids is 2. The second-order valence-electron chi connectivity index (χ2n) is 3.00. The van der Waals surface area contributed by atoms with Crippen LogP contribution in [-0.4, -0.2) is 18.5 Å². The van der Waals surface area contributed by atoms with Gasteiger partial charge in [-0.3, -0.25) is 4.79 Å². The van der Waals surface area contributed by atoms with Crippen LogP contribution in [0.1, 0.15) is 27.6 Å². The number of rotatable bonds is 3. The molecule has 0 aliphatic rings. The topological polar surface area (TPSA) is 95.4 Å². The summed E-state index contributed by atoms with van der Waals surface area (Å²) in [6.45, 7) is 1.89.